The molecule has 1 N–H and O–H groups in total. The van der Waals surface area contributed by atoms with E-state index in [2.05, 4.69) is 34.6 Å². The molecule has 1 atom stereocenters. The second-order valence-corrected chi connectivity index (χ2v) is 17.6. The van der Waals surface area contributed by atoms with E-state index in [0.717, 1.165) is 90.2 Å². The maximum absolute atomic E-state index is 14.5. The van der Waals surface area contributed by atoms with Crippen LogP contribution in [0.3, 0.4) is 0 Å². The maximum atomic E-state index is 14.5. The molecule has 0 radical (unpaired) electrons. The zero-order chi connectivity index (χ0) is 39.2. The molecule has 0 unspecified atom stereocenters. The molecule has 3 aromatic rings. The summed E-state index contributed by atoms with van der Waals surface area (Å²) in [6.45, 7) is 8.99. The summed E-state index contributed by atoms with van der Waals surface area (Å²) in [5.74, 6) is -0.932. The van der Waals surface area contributed by atoms with Crippen molar-refractivity contribution < 1.29 is 31.9 Å². The molecule has 4 heterocycles. The third-order valence-electron chi connectivity index (χ3n) is 11.9. The number of rotatable bonds is 10. The van der Waals surface area contributed by atoms with E-state index < -0.39 is 21.7 Å². The summed E-state index contributed by atoms with van der Waals surface area (Å²) in [6, 6.07) is 5.69. The number of likely N-dealkylation sites (N-methyl/N-ethyl adjacent to an activating group) is 1. The first-order valence-electron chi connectivity index (χ1n) is 19.4. The van der Waals surface area contributed by atoms with Gasteiger partial charge in [0, 0.05) is 82.7 Å². The zero-order valence-electron chi connectivity index (χ0n) is 32.9. The molecule has 1 saturated carbocycles. The molecule has 14 nitrogen and oxygen atoms in total. The average Bonchev–Trinajstić information content (AvgIpc) is 3.89. The van der Waals surface area contributed by atoms with Gasteiger partial charge in [0.2, 0.25) is 0 Å². The van der Waals surface area contributed by atoms with Crippen LogP contribution in [0, 0.1) is 13.8 Å². The van der Waals surface area contributed by atoms with E-state index in [0.29, 0.717) is 55.1 Å². The Morgan fingerprint density at radius 1 is 0.945 bits per heavy atom. The Hall–Kier alpha value is -4.18. The molecule has 1 aliphatic carbocycles. The summed E-state index contributed by atoms with van der Waals surface area (Å²) in [4.78, 5) is 50.5. The number of ether oxygens (including phenoxy) is 2. The van der Waals surface area contributed by atoms with Gasteiger partial charge in [0.05, 0.1) is 36.5 Å². The van der Waals surface area contributed by atoms with Gasteiger partial charge in [-0.1, -0.05) is 0 Å². The molecular weight excluding hydrogens is 725 g/mol. The number of fused-ring (bicyclic) bond motifs is 3. The Kier molecular flexibility index (Phi) is 11.2. The van der Waals surface area contributed by atoms with Crippen molar-refractivity contribution in [1.29, 1.82) is 0 Å². The molecule has 15 heteroatoms. The van der Waals surface area contributed by atoms with Crippen molar-refractivity contribution in [2.45, 2.75) is 77.5 Å². The topological polar surface area (TPSA) is 145 Å². The van der Waals surface area contributed by atoms with Gasteiger partial charge >= 0.3 is 15.8 Å². The number of anilines is 2. The van der Waals surface area contributed by atoms with Gasteiger partial charge in [-0.25, -0.2) is 9.52 Å². The number of nitrogens with one attached hydrogen (secondary N) is 1. The molecule has 2 saturated heterocycles. The molecule has 4 aliphatic rings. The van der Waals surface area contributed by atoms with Gasteiger partial charge < -0.3 is 28.6 Å². The fourth-order valence-corrected chi connectivity index (χ4v) is 9.19. The second kappa shape index (κ2) is 15.8. The number of aryl methyl sites for hydroxylation is 2. The van der Waals surface area contributed by atoms with E-state index in [-0.39, 0.29) is 35.9 Å². The largest absolute Gasteiger partial charge is 0.489 e. The Labute approximate surface area is 323 Å². The van der Waals surface area contributed by atoms with E-state index in [1.807, 2.05) is 11.8 Å². The third kappa shape index (κ3) is 7.68. The minimum atomic E-state index is -4.10. The van der Waals surface area contributed by atoms with Crippen LogP contribution in [0.25, 0.3) is 11.0 Å². The van der Waals surface area contributed by atoms with Crippen LogP contribution < -0.4 is 24.9 Å². The summed E-state index contributed by atoms with van der Waals surface area (Å²) in [5.41, 5.74) is 5.39. The number of benzene rings is 2. The number of methoxy groups -OCH3 is 1. The highest BCUT2D eigenvalue weighted by molar-refractivity contribution is 7.87. The highest BCUT2D eigenvalue weighted by Crippen LogP contribution is 2.39. The van der Waals surface area contributed by atoms with Gasteiger partial charge in [0.1, 0.15) is 16.9 Å². The second-order valence-electron chi connectivity index (χ2n) is 15.7. The van der Waals surface area contributed by atoms with Gasteiger partial charge in [-0.2, -0.15) is 12.7 Å². The predicted molar refractivity (Wildman–Crippen MR) is 212 cm³/mol. The first-order chi connectivity index (χ1) is 26.3. The summed E-state index contributed by atoms with van der Waals surface area (Å²) in [5, 5.41) is 0.928. The quantitative estimate of drug-likeness (QED) is 0.300. The van der Waals surface area contributed by atoms with E-state index >= 15 is 0 Å². The normalized spacial score (nSPS) is 19.8. The number of piperazine rings is 1. The van der Waals surface area contributed by atoms with Crippen molar-refractivity contribution in [3.63, 3.8) is 0 Å². The van der Waals surface area contributed by atoms with Gasteiger partial charge in [-0.3, -0.25) is 14.5 Å². The molecule has 7 rings (SSSR count). The number of hydrogen-bond donors (Lipinski definition) is 1. The maximum Gasteiger partial charge on any atom is 0.341 e. The van der Waals surface area contributed by atoms with E-state index in [9.17, 15) is 22.8 Å². The number of hydrogen-bond acceptors (Lipinski definition) is 11. The molecule has 0 spiro atoms. The summed E-state index contributed by atoms with van der Waals surface area (Å²) in [7, 11) is 2.43. The van der Waals surface area contributed by atoms with Gasteiger partial charge in [0.25, 0.3) is 11.8 Å². The van der Waals surface area contributed by atoms with Crippen molar-refractivity contribution in [3.05, 3.63) is 62.0 Å². The first-order valence-corrected chi connectivity index (χ1v) is 20.9. The first kappa shape index (κ1) is 39.1. The summed E-state index contributed by atoms with van der Waals surface area (Å²) >= 11 is 0. The highest BCUT2D eigenvalue weighted by Gasteiger charge is 2.34. The third-order valence-corrected chi connectivity index (χ3v) is 13.3. The fraction of sp³-hybridized carbons (Fsp3) is 0.575. The lowest BCUT2D eigenvalue weighted by atomic mass is 9.92. The van der Waals surface area contributed by atoms with Crippen molar-refractivity contribution in [2.75, 3.05) is 83.9 Å². The van der Waals surface area contributed by atoms with Crippen molar-refractivity contribution in [1.82, 2.24) is 18.8 Å². The van der Waals surface area contributed by atoms with E-state index in [1.165, 1.54) is 14.1 Å². The van der Waals surface area contributed by atoms with E-state index in [1.54, 1.807) is 24.1 Å². The molecule has 1 aromatic heterocycles. The summed E-state index contributed by atoms with van der Waals surface area (Å²) < 4.78 is 46.8. The molecule has 3 fully saturated rings. The van der Waals surface area contributed by atoms with Gasteiger partial charge in [-0.05, 0) is 95.2 Å². The van der Waals surface area contributed by atoms with Gasteiger partial charge in [0.15, 0.2) is 0 Å². The molecule has 298 valence electrons. The fourth-order valence-electron chi connectivity index (χ4n) is 8.67. The van der Waals surface area contributed by atoms with Gasteiger partial charge in [-0.15, -0.1) is 0 Å². The minimum absolute atomic E-state index is 0.0744. The standard InChI is InChI=1S/C40H54N6O8S/c1-25-19-32(45-18-17-43(5)28(22-45)24-52-6)26(2)37-35(25)30-13-16-46(23-31(30)40(49)54-37)39(48)27-20-33(44-14-9-10-15-44)36(38(47)41-55(50,51)42(3)4)34(21-27)53-29-11-7-8-12-29/h19-21,28-29H,7-18,22-24H2,1-6H3,(H,41,47)/t28-/m1/s1. The Balaban J connectivity index is 1.23. The van der Waals surface area contributed by atoms with Crippen LogP contribution in [-0.4, -0.2) is 121 Å². The lowest BCUT2D eigenvalue weighted by molar-refractivity contribution is 0.0731. The number of carbonyl (C=O) groups is 2. The zero-order valence-corrected chi connectivity index (χ0v) is 33.7. The molecule has 55 heavy (non-hydrogen) atoms. The number of amides is 2. The Bertz CT molecular complexity index is 2140. The van der Waals surface area contributed by atoms with Crippen molar-refractivity contribution >= 4 is 44.4 Å². The SMILES string of the molecule is COC[C@H]1CN(c2cc(C)c3c4c(c(=O)oc3c2C)CN(C(=O)c2cc(OC3CCCC3)c(C(=O)NS(=O)(=O)N(C)C)c(N3CCCC3)c2)CC4)CCN1C. The van der Waals surface area contributed by atoms with E-state index in [4.69, 9.17) is 13.9 Å². The minimum Gasteiger partial charge on any atom is -0.489 e. The van der Waals surface area contributed by atoms with Crippen molar-refractivity contribution in [3.8, 4) is 5.75 Å². The summed E-state index contributed by atoms with van der Waals surface area (Å²) in [6.07, 6.45) is 5.65. The molecule has 3 aliphatic heterocycles. The lowest BCUT2D eigenvalue weighted by Crippen LogP contribution is -2.53. The highest BCUT2D eigenvalue weighted by atomic mass is 32.2. The van der Waals surface area contributed by atoms with Crippen molar-refractivity contribution in [2.24, 2.45) is 0 Å². The predicted octanol–water partition coefficient (Wildman–Crippen LogP) is 3.83. The Morgan fingerprint density at radius 3 is 2.36 bits per heavy atom. The van der Waals surface area contributed by atoms with Crippen LogP contribution in [-0.2, 0) is 27.9 Å². The van der Waals surface area contributed by atoms with Crippen LogP contribution in [0.1, 0.15) is 81.5 Å². The van der Waals surface area contributed by atoms with Crippen LogP contribution >= 0.6 is 0 Å². The molecule has 2 aromatic carbocycles. The molecular formula is C40H54N6O8S. The monoisotopic (exact) mass is 778 g/mol. The van der Waals surface area contributed by atoms with Crippen LogP contribution in [0.4, 0.5) is 11.4 Å². The molecule has 2 amide bonds. The molecule has 0 bridgehead atoms. The Morgan fingerprint density at radius 2 is 1.67 bits per heavy atom. The van der Waals surface area contributed by atoms with Crippen LogP contribution in [0.2, 0.25) is 0 Å². The van der Waals surface area contributed by atoms with Crippen LogP contribution in [0.15, 0.2) is 27.4 Å². The number of carbonyl (C=O) groups excluding carboxylic acids is 2. The lowest BCUT2D eigenvalue weighted by Gasteiger charge is -2.41. The number of nitrogens with zero attached hydrogens (tertiary/aromatic N) is 5. The smallest absolute Gasteiger partial charge is 0.341 e. The van der Waals surface area contributed by atoms with Crippen LogP contribution in [0.5, 0.6) is 5.75 Å². The average molecular weight is 779 g/mol.